The van der Waals surface area contributed by atoms with E-state index in [9.17, 15) is 4.79 Å². The Kier molecular flexibility index (Phi) is 5.07. The number of halogens is 1. The number of hydrogen-bond acceptors (Lipinski definition) is 3. The van der Waals surface area contributed by atoms with Gasteiger partial charge in [0.15, 0.2) is 0 Å². The second-order valence-electron chi connectivity index (χ2n) is 7.52. The first-order valence-electron chi connectivity index (χ1n) is 8.88. The first-order chi connectivity index (χ1) is 11.5. The number of amides is 1. The zero-order chi connectivity index (χ0) is 17.3. The molecule has 1 saturated heterocycles. The summed E-state index contributed by atoms with van der Waals surface area (Å²) in [6.45, 7) is 5.43. The van der Waals surface area contributed by atoms with E-state index >= 15 is 0 Å². The van der Waals surface area contributed by atoms with Crippen molar-refractivity contribution >= 4 is 17.7 Å². The van der Waals surface area contributed by atoms with Gasteiger partial charge in [0.2, 0.25) is 0 Å². The van der Waals surface area contributed by atoms with E-state index in [4.69, 9.17) is 22.1 Å². The lowest BCUT2D eigenvalue weighted by Crippen LogP contribution is -2.49. The van der Waals surface area contributed by atoms with Crippen molar-refractivity contribution in [2.45, 2.75) is 57.0 Å². The van der Waals surface area contributed by atoms with Crippen molar-refractivity contribution in [3.63, 3.8) is 0 Å². The molecule has 4 nitrogen and oxygen atoms in total. The normalized spacial score (nSPS) is 30.7. The van der Waals surface area contributed by atoms with Gasteiger partial charge in [0.1, 0.15) is 6.61 Å². The molecule has 0 unspecified atom stereocenters. The van der Waals surface area contributed by atoms with Crippen molar-refractivity contribution in [3.05, 3.63) is 34.9 Å². The van der Waals surface area contributed by atoms with E-state index in [0.717, 1.165) is 30.7 Å². The van der Waals surface area contributed by atoms with Gasteiger partial charge in [-0.2, -0.15) is 0 Å². The molecule has 2 aliphatic rings. The minimum atomic E-state index is -0.151. The van der Waals surface area contributed by atoms with Crippen LogP contribution >= 0.6 is 11.6 Å². The average molecular weight is 351 g/mol. The van der Waals surface area contributed by atoms with Crippen molar-refractivity contribution in [2.75, 3.05) is 13.2 Å². The van der Waals surface area contributed by atoms with E-state index in [2.05, 4.69) is 19.9 Å². The maximum Gasteiger partial charge on any atom is 0.410 e. The Morgan fingerprint density at radius 3 is 2.67 bits per heavy atom. The summed E-state index contributed by atoms with van der Waals surface area (Å²) in [6, 6.07) is 8.50. The quantitative estimate of drug-likeness (QED) is 0.894. The topological polar surface area (TPSA) is 55.6 Å². The Balaban J connectivity index is 1.75. The van der Waals surface area contributed by atoms with E-state index in [1.807, 2.05) is 23.1 Å². The second-order valence-corrected chi connectivity index (χ2v) is 7.96. The van der Waals surface area contributed by atoms with E-state index in [1.165, 1.54) is 5.56 Å². The molecule has 0 aromatic heterocycles. The van der Waals surface area contributed by atoms with Crippen molar-refractivity contribution in [1.82, 2.24) is 4.90 Å². The molecule has 1 aromatic rings. The molecule has 2 N–H and O–H groups in total. The molecule has 0 spiro atoms. The maximum atomic E-state index is 12.2. The molecule has 1 heterocycles. The Hall–Kier alpha value is -1.26. The van der Waals surface area contributed by atoms with Crippen LogP contribution in [-0.2, 0) is 10.2 Å². The van der Waals surface area contributed by atoms with Crippen LogP contribution in [0.15, 0.2) is 24.3 Å². The molecular formula is C19H27ClN2O2. The smallest absolute Gasteiger partial charge is 0.410 e. The number of nitrogens with two attached hydrogens (primary N) is 1. The monoisotopic (exact) mass is 350 g/mol. The summed E-state index contributed by atoms with van der Waals surface area (Å²) in [5.41, 5.74) is 7.37. The highest BCUT2D eigenvalue weighted by atomic mass is 35.5. The third-order valence-corrected chi connectivity index (χ3v) is 6.08. The Bertz CT molecular complexity index is 597. The number of carbonyl (C=O) groups is 1. The van der Waals surface area contributed by atoms with Gasteiger partial charge in [-0.25, -0.2) is 4.79 Å². The van der Waals surface area contributed by atoms with Crippen LogP contribution in [0.25, 0.3) is 0 Å². The minimum absolute atomic E-state index is 0.0294. The number of nitrogens with zero attached hydrogens (tertiary/aromatic N) is 1. The standard InChI is InChI=1S/C19H27ClN2O2/c1-13(2)17-11-24-18(23)22(17)16-6-8-19(12-21,9-7-16)14-4-3-5-15(20)10-14/h3-5,10,13,16-17H,6-9,11-12,21H2,1-2H3/t16-,17-,19-/m0/s1. The van der Waals surface area contributed by atoms with Crippen LogP contribution in [0.1, 0.15) is 45.1 Å². The summed E-state index contributed by atoms with van der Waals surface area (Å²) in [4.78, 5) is 14.2. The van der Waals surface area contributed by atoms with E-state index in [0.29, 0.717) is 19.1 Å². The van der Waals surface area contributed by atoms with Gasteiger partial charge in [-0.3, -0.25) is 4.90 Å². The van der Waals surface area contributed by atoms with E-state index in [-0.39, 0.29) is 23.6 Å². The zero-order valence-corrected chi connectivity index (χ0v) is 15.3. The van der Waals surface area contributed by atoms with E-state index < -0.39 is 0 Å². The Morgan fingerprint density at radius 2 is 2.08 bits per heavy atom. The van der Waals surface area contributed by atoms with Crippen molar-refractivity contribution in [3.8, 4) is 0 Å². The third kappa shape index (κ3) is 3.14. The van der Waals surface area contributed by atoms with Gasteiger partial charge in [-0.05, 0) is 49.3 Å². The van der Waals surface area contributed by atoms with Crippen LogP contribution in [0.2, 0.25) is 5.02 Å². The van der Waals surface area contributed by atoms with Gasteiger partial charge in [-0.1, -0.05) is 37.6 Å². The summed E-state index contributed by atoms with van der Waals surface area (Å²) < 4.78 is 5.32. The van der Waals surface area contributed by atoms with Crippen molar-refractivity contribution < 1.29 is 9.53 Å². The molecule has 1 aromatic carbocycles. The highest BCUT2D eigenvalue weighted by Gasteiger charge is 2.44. The number of rotatable bonds is 4. The summed E-state index contributed by atoms with van der Waals surface area (Å²) in [7, 11) is 0. The number of benzene rings is 1. The van der Waals surface area contributed by atoms with Gasteiger partial charge in [-0.15, -0.1) is 0 Å². The number of cyclic esters (lactones) is 1. The largest absolute Gasteiger partial charge is 0.447 e. The molecule has 1 saturated carbocycles. The molecule has 132 valence electrons. The zero-order valence-electron chi connectivity index (χ0n) is 14.5. The van der Waals surface area contributed by atoms with Crippen LogP contribution in [0.5, 0.6) is 0 Å². The summed E-state index contributed by atoms with van der Waals surface area (Å²) in [6.07, 6.45) is 3.72. The number of hydrogen-bond donors (Lipinski definition) is 1. The minimum Gasteiger partial charge on any atom is -0.447 e. The molecule has 0 bridgehead atoms. The molecule has 0 radical (unpaired) electrons. The Morgan fingerprint density at radius 1 is 1.38 bits per heavy atom. The lowest BCUT2D eigenvalue weighted by Gasteiger charge is -2.43. The summed E-state index contributed by atoms with van der Waals surface area (Å²) in [5, 5.41) is 0.755. The second kappa shape index (κ2) is 6.93. The summed E-state index contributed by atoms with van der Waals surface area (Å²) in [5.74, 6) is 0.408. The van der Waals surface area contributed by atoms with Gasteiger partial charge >= 0.3 is 6.09 Å². The molecule has 5 heteroatoms. The van der Waals surface area contributed by atoms with Crippen LogP contribution in [-0.4, -0.2) is 36.2 Å². The summed E-state index contributed by atoms with van der Waals surface area (Å²) >= 11 is 6.18. The maximum absolute atomic E-state index is 12.2. The van der Waals surface area contributed by atoms with Crippen LogP contribution in [0.3, 0.4) is 0 Å². The fourth-order valence-corrected chi connectivity index (χ4v) is 4.43. The number of carbonyl (C=O) groups excluding carboxylic acids is 1. The van der Waals surface area contributed by atoms with Crippen LogP contribution < -0.4 is 5.73 Å². The van der Waals surface area contributed by atoms with Gasteiger partial charge in [0.05, 0.1) is 6.04 Å². The van der Waals surface area contributed by atoms with Crippen LogP contribution in [0.4, 0.5) is 4.79 Å². The molecule has 1 atom stereocenters. The molecule has 2 fully saturated rings. The fraction of sp³-hybridized carbons (Fsp3) is 0.632. The number of ether oxygens (including phenoxy) is 1. The average Bonchev–Trinajstić information content (AvgIpc) is 2.97. The Labute approximate surface area is 149 Å². The molecular weight excluding hydrogens is 324 g/mol. The first kappa shape index (κ1) is 17.6. The lowest BCUT2D eigenvalue weighted by molar-refractivity contribution is 0.108. The first-order valence-corrected chi connectivity index (χ1v) is 9.26. The predicted octanol–water partition coefficient (Wildman–Crippen LogP) is 3.96. The predicted molar refractivity (Wildman–Crippen MR) is 96.3 cm³/mol. The fourth-order valence-electron chi connectivity index (χ4n) is 4.24. The SMILES string of the molecule is CC(C)[C@@H]1COC(=O)N1[C@H]1CC[C@](CN)(c2cccc(Cl)c2)CC1. The van der Waals surface area contributed by atoms with Crippen molar-refractivity contribution in [2.24, 2.45) is 11.7 Å². The van der Waals surface area contributed by atoms with E-state index in [1.54, 1.807) is 0 Å². The van der Waals surface area contributed by atoms with Gasteiger partial charge in [0, 0.05) is 23.0 Å². The lowest BCUT2D eigenvalue weighted by atomic mass is 9.68. The molecule has 1 amide bonds. The molecule has 1 aliphatic carbocycles. The molecule has 3 rings (SSSR count). The van der Waals surface area contributed by atoms with Crippen LogP contribution in [0, 0.1) is 5.92 Å². The highest BCUT2D eigenvalue weighted by molar-refractivity contribution is 6.30. The van der Waals surface area contributed by atoms with Crippen molar-refractivity contribution in [1.29, 1.82) is 0 Å². The molecule has 24 heavy (non-hydrogen) atoms. The third-order valence-electron chi connectivity index (χ3n) is 5.85. The molecule has 1 aliphatic heterocycles. The van der Waals surface area contributed by atoms with Gasteiger partial charge in [0.25, 0.3) is 0 Å². The van der Waals surface area contributed by atoms with Gasteiger partial charge < -0.3 is 10.5 Å². The highest BCUT2D eigenvalue weighted by Crippen LogP contribution is 2.42.